The van der Waals surface area contributed by atoms with E-state index in [9.17, 15) is 5.11 Å². The molecule has 3 aromatic carbocycles. The quantitative estimate of drug-likeness (QED) is 0.705. The molecule has 3 nitrogen and oxygen atoms in total. The second-order valence-corrected chi connectivity index (χ2v) is 5.61. The zero-order valence-electron chi connectivity index (χ0n) is 13.6. The fourth-order valence-corrected chi connectivity index (χ4v) is 2.38. The first-order chi connectivity index (χ1) is 11.7. The molecule has 3 heteroatoms. The van der Waals surface area contributed by atoms with Crippen molar-refractivity contribution < 1.29 is 14.6 Å². The molecule has 0 spiro atoms. The van der Waals surface area contributed by atoms with Gasteiger partial charge in [0.1, 0.15) is 23.9 Å². The van der Waals surface area contributed by atoms with Gasteiger partial charge in [-0.1, -0.05) is 48.0 Å². The third-order valence-corrected chi connectivity index (χ3v) is 3.75. The maximum Gasteiger partial charge on any atom is 0.131 e. The second-order valence-electron chi connectivity index (χ2n) is 5.61. The van der Waals surface area contributed by atoms with E-state index in [4.69, 9.17) is 9.47 Å². The molecule has 0 bridgehead atoms. The molecule has 24 heavy (non-hydrogen) atoms. The molecule has 0 atom stereocenters. The van der Waals surface area contributed by atoms with Crippen molar-refractivity contribution in [2.24, 2.45) is 0 Å². The lowest BCUT2D eigenvalue weighted by molar-refractivity contribution is 0.269. The zero-order valence-corrected chi connectivity index (χ0v) is 13.6. The van der Waals surface area contributed by atoms with E-state index in [1.165, 1.54) is 5.56 Å². The van der Waals surface area contributed by atoms with E-state index < -0.39 is 0 Å². The van der Waals surface area contributed by atoms with Crippen LogP contribution in [0.15, 0.2) is 72.8 Å². The molecule has 1 N–H and O–H groups in total. The van der Waals surface area contributed by atoms with E-state index in [1.54, 1.807) is 0 Å². The van der Waals surface area contributed by atoms with Crippen LogP contribution in [-0.2, 0) is 13.2 Å². The Morgan fingerprint density at radius 3 is 2.21 bits per heavy atom. The highest BCUT2D eigenvalue weighted by atomic mass is 16.5. The number of aliphatic hydroxyl groups excluding tert-OH is 1. The Kier molecular flexibility index (Phi) is 5.14. The number of benzene rings is 3. The maximum atomic E-state index is 9.37. The van der Waals surface area contributed by atoms with Crippen molar-refractivity contribution in [1.29, 1.82) is 0 Å². The van der Waals surface area contributed by atoms with E-state index in [2.05, 4.69) is 0 Å². The molecule has 0 saturated heterocycles. The minimum atomic E-state index is 0.0100. The largest absolute Gasteiger partial charge is 0.489 e. The van der Waals surface area contributed by atoms with Crippen molar-refractivity contribution in [3.05, 3.63) is 89.5 Å². The van der Waals surface area contributed by atoms with Gasteiger partial charge in [0.05, 0.1) is 6.61 Å². The average molecular weight is 320 g/mol. The summed E-state index contributed by atoms with van der Waals surface area (Å²) in [6, 6.07) is 23.2. The summed E-state index contributed by atoms with van der Waals surface area (Å²) in [6.07, 6.45) is 0. The molecule has 0 aliphatic heterocycles. The summed E-state index contributed by atoms with van der Waals surface area (Å²) in [4.78, 5) is 0. The van der Waals surface area contributed by atoms with Gasteiger partial charge in [-0.25, -0.2) is 0 Å². The van der Waals surface area contributed by atoms with Crippen LogP contribution >= 0.6 is 0 Å². The van der Waals surface area contributed by atoms with E-state index in [0.717, 1.165) is 28.4 Å². The highest BCUT2D eigenvalue weighted by molar-refractivity contribution is 5.37. The van der Waals surface area contributed by atoms with Crippen molar-refractivity contribution >= 4 is 0 Å². The van der Waals surface area contributed by atoms with Gasteiger partial charge in [0.15, 0.2) is 0 Å². The smallest absolute Gasteiger partial charge is 0.131 e. The van der Waals surface area contributed by atoms with Crippen molar-refractivity contribution in [3.8, 4) is 17.2 Å². The van der Waals surface area contributed by atoms with Gasteiger partial charge in [-0.15, -0.1) is 0 Å². The standard InChI is InChI=1S/C21H20O3/c1-16-9-11-19(12-10-16)24-21-8-4-7-20(13-21)23-15-18-6-3-2-5-17(18)14-22/h2-13,22H,14-15H2,1H3. The number of aryl methyl sites for hydroxylation is 1. The van der Waals surface area contributed by atoms with E-state index in [1.807, 2.05) is 79.7 Å². The van der Waals surface area contributed by atoms with Crippen molar-refractivity contribution in [1.82, 2.24) is 0 Å². The highest BCUT2D eigenvalue weighted by Crippen LogP contribution is 2.26. The topological polar surface area (TPSA) is 38.7 Å². The maximum absolute atomic E-state index is 9.37. The molecular weight excluding hydrogens is 300 g/mol. The Bertz CT molecular complexity index is 794. The summed E-state index contributed by atoms with van der Waals surface area (Å²) in [7, 11) is 0. The van der Waals surface area contributed by atoms with Crippen LogP contribution in [0.3, 0.4) is 0 Å². The van der Waals surface area contributed by atoms with Gasteiger partial charge < -0.3 is 14.6 Å². The van der Waals surface area contributed by atoms with E-state index in [-0.39, 0.29) is 6.61 Å². The summed E-state index contributed by atoms with van der Waals surface area (Å²) < 4.78 is 11.7. The fourth-order valence-electron chi connectivity index (χ4n) is 2.38. The number of ether oxygens (including phenoxy) is 2. The van der Waals surface area contributed by atoms with Crippen LogP contribution in [0.1, 0.15) is 16.7 Å². The minimum Gasteiger partial charge on any atom is -0.489 e. The Hall–Kier alpha value is -2.78. The van der Waals surface area contributed by atoms with E-state index in [0.29, 0.717) is 6.61 Å². The Morgan fingerprint density at radius 2 is 1.46 bits per heavy atom. The van der Waals surface area contributed by atoms with Gasteiger partial charge >= 0.3 is 0 Å². The molecule has 0 amide bonds. The number of rotatable bonds is 6. The summed E-state index contributed by atoms with van der Waals surface area (Å²) in [5.74, 6) is 2.25. The summed E-state index contributed by atoms with van der Waals surface area (Å²) >= 11 is 0. The minimum absolute atomic E-state index is 0.0100. The molecule has 0 aromatic heterocycles. The van der Waals surface area contributed by atoms with Gasteiger partial charge in [0.25, 0.3) is 0 Å². The van der Waals surface area contributed by atoms with Gasteiger partial charge in [0.2, 0.25) is 0 Å². The normalized spacial score (nSPS) is 10.4. The van der Waals surface area contributed by atoms with Crippen LogP contribution in [0.4, 0.5) is 0 Å². The zero-order chi connectivity index (χ0) is 16.8. The van der Waals surface area contributed by atoms with Crippen molar-refractivity contribution in [2.45, 2.75) is 20.1 Å². The van der Waals surface area contributed by atoms with Crippen molar-refractivity contribution in [2.75, 3.05) is 0 Å². The molecule has 3 rings (SSSR count). The predicted molar refractivity (Wildman–Crippen MR) is 94.4 cm³/mol. The number of hydrogen-bond donors (Lipinski definition) is 1. The summed E-state index contributed by atoms with van der Waals surface area (Å²) in [5, 5.41) is 9.37. The lowest BCUT2D eigenvalue weighted by atomic mass is 10.1. The van der Waals surface area contributed by atoms with Crippen LogP contribution in [0.5, 0.6) is 17.2 Å². The van der Waals surface area contributed by atoms with Crippen LogP contribution in [0, 0.1) is 6.92 Å². The lowest BCUT2D eigenvalue weighted by Gasteiger charge is -2.11. The lowest BCUT2D eigenvalue weighted by Crippen LogP contribution is -2.00. The Labute approximate surface area is 142 Å². The third-order valence-electron chi connectivity index (χ3n) is 3.75. The van der Waals surface area contributed by atoms with Crippen LogP contribution < -0.4 is 9.47 Å². The number of aliphatic hydroxyl groups is 1. The first-order valence-corrected chi connectivity index (χ1v) is 7.89. The predicted octanol–water partition coefficient (Wildman–Crippen LogP) is 4.86. The van der Waals surface area contributed by atoms with Gasteiger partial charge in [-0.2, -0.15) is 0 Å². The average Bonchev–Trinajstić information content (AvgIpc) is 2.62. The first kappa shape index (κ1) is 16.1. The third kappa shape index (κ3) is 4.15. The molecule has 0 saturated carbocycles. The fraction of sp³-hybridized carbons (Fsp3) is 0.143. The van der Waals surface area contributed by atoms with Gasteiger partial charge in [-0.05, 0) is 42.3 Å². The van der Waals surface area contributed by atoms with Crippen LogP contribution in [0.2, 0.25) is 0 Å². The first-order valence-electron chi connectivity index (χ1n) is 7.89. The SMILES string of the molecule is Cc1ccc(Oc2cccc(OCc3ccccc3CO)c2)cc1. The van der Waals surface area contributed by atoms with Crippen molar-refractivity contribution in [3.63, 3.8) is 0 Å². The molecular formula is C21H20O3. The highest BCUT2D eigenvalue weighted by Gasteiger charge is 2.04. The summed E-state index contributed by atoms with van der Waals surface area (Å²) in [6.45, 7) is 2.46. The van der Waals surface area contributed by atoms with E-state index >= 15 is 0 Å². The van der Waals surface area contributed by atoms with Gasteiger partial charge in [0, 0.05) is 6.07 Å². The molecule has 122 valence electrons. The molecule has 0 fully saturated rings. The van der Waals surface area contributed by atoms with Crippen LogP contribution in [0.25, 0.3) is 0 Å². The Morgan fingerprint density at radius 1 is 0.750 bits per heavy atom. The number of hydrogen-bond acceptors (Lipinski definition) is 3. The molecule has 3 aromatic rings. The summed E-state index contributed by atoms with van der Waals surface area (Å²) in [5.41, 5.74) is 3.05. The molecule has 0 aliphatic carbocycles. The van der Waals surface area contributed by atoms with Gasteiger partial charge in [-0.3, -0.25) is 0 Å². The molecule has 0 heterocycles. The molecule has 0 aliphatic rings. The van der Waals surface area contributed by atoms with Crippen LogP contribution in [-0.4, -0.2) is 5.11 Å². The monoisotopic (exact) mass is 320 g/mol. The molecule has 0 radical (unpaired) electrons. The second kappa shape index (κ2) is 7.66. The molecule has 0 unspecified atom stereocenters. The Balaban J connectivity index is 1.68.